The van der Waals surface area contributed by atoms with Gasteiger partial charge in [0.1, 0.15) is 19.2 Å². The highest BCUT2D eigenvalue weighted by Gasteiger charge is 2.10. The van der Waals surface area contributed by atoms with Crippen molar-refractivity contribution in [2.75, 3.05) is 10.6 Å². The van der Waals surface area contributed by atoms with Crippen LogP contribution in [0.2, 0.25) is 0 Å². The molecule has 3 aromatic heterocycles. The number of rotatable bonds is 6. The van der Waals surface area contributed by atoms with Crippen molar-refractivity contribution in [1.29, 1.82) is 0 Å². The minimum absolute atomic E-state index is 0.108. The van der Waals surface area contributed by atoms with E-state index in [1.165, 1.54) is 17.3 Å². The van der Waals surface area contributed by atoms with E-state index in [1.807, 2.05) is 44.2 Å². The lowest BCUT2D eigenvalue weighted by atomic mass is 10.2. The van der Waals surface area contributed by atoms with Crippen LogP contribution in [0.4, 0.5) is 17.3 Å². The van der Waals surface area contributed by atoms with Gasteiger partial charge in [-0.3, -0.25) is 4.79 Å². The van der Waals surface area contributed by atoms with E-state index in [4.69, 9.17) is 0 Å². The Bertz CT molecular complexity index is 1120. The summed E-state index contributed by atoms with van der Waals surface area (Å²) in [4.78, 5) is 30.2. The number of hydrogen-bond acceptors (Lipinski definition) is 8. The quantitative estimate of drug-likeness (QED) is 0.506. The average Bonchev–Trinajstić information content (AvgIpc) is 3.32. The number of nitrogens with one attached hydrogen (secondary N) is 2. The fourth-order valence-electron chi connectivity index (χ4n) is 2.74. The lowest BCUT2D eigenvalue weighted by molar-refractivity contribution is -0.116. The zero-order valence-electron chi connectivity index (χ0n) is 15.8. The zero-order valence-corrected chi connectivity index (χ0v) is 16.6. The molecule has 146 valence electrons. The number of amides is 1. The summed E-state index contributed by atoms with van der Waals surface area (Å²) in [5.74, 6) is 0.318. The smallest absolute Gasteiger partial charge is 0.246 e. The SMILES string of the molecule is Cc1nc(C)c(-c2ccnc(Nc3ccc(NC(=O)Cn4cncn4)cc3)n2)s1. The molecule has 0 saturated carbocycles. The number of benzene rings is 1. The lowest BCUT2D eigenvalue weighted by Crippen LogP contribution is -2.18. The van der Waals surface area contributed by atoms with Gasteiger partial charge in [0.2, 0.25) is 11.9 Å². The number of hydrogen-bond donors (Lipinski definition) is 2. The Labute approximate surface area is 170 Å². The average molecular weight is 406 g/mol. The molecular formula is C19H18N8OS. The van der Waals surface area contributed by atoms with E-state index in [-0.39, 0.29) is 12.5 Å². The van der Waals surface area contributed by atoms with Crippen molar-refractivity contribution in [3.05, 3.63) is 59.9 Å². The molecule has 4 aromatic rings. The predicted molar refractivity (Wildman–Crippen MR) is 111 cm³/mol. The van der Waals surface area contributed by atoms with Crippen molar-refractivity contribution in [2.45, 2.75) is 20.4 Å². The van der Waals surface area contributed by atoms with Gasteiger partial charge in [0.15, 0.2) is 0 Å². The van der Waals surface area contributed by atoms with E-state index < -0.39 is 0 Å². The molecule has 1 amide bonds. The number of nitrogens with zero attached hydrogens (tertiary/aromatic N) is 6. The highest BCUT2D eigenvalue weighted by atomic mass is 32.1. The van der Waals surface area contributed by atoms with Gasteiger partial charge < -0.3 is 10.6 Å². The van der Waals surface area contributed by atoms with Crippen LogP contribution in [0.1, 0.15) is 10.7 Å². The first-order chi connectivity index (χ1) is 14.1. The molecular weight excluding hydrogens is 388 g/mol. The van der Waals surface area contributed by atoms with Gasteiger partial charge in [-0.15, -0.1) is 11.3 Å². The number of thiazole rings is 1. The molecule has 0 fully saturated rings. The van der Waals surface area contributed by atoms with Crippen LogP contribution in [0.5, 0.6) is 0 Å². The maximum atomic E-state index is 12.0. The maximum absolute atomic E-state index is 12.0. The van der Waals surface area contributed by atoms with Crippen LogP contribution >= 0.6 is 11.3 Å². The van der Waals surface area contributed by atoms with Crippen LogP contribution < -0.4 is 10.6 Å². The summed E-state index contributed by atoms with van der Waals surface area (Å²) in [5.41, 5.74) is 3.30. The first kappa shape index (κ1) is 18.7. The standard InChI is InChI=1S/C19H18N8OS/c1-12-18(29-13(2)23-12)16-7-8-21-19(26-16)25-15-5-3-14(4-6-15)24-17(28)9-27-11-20-10-22-27/h3-8,10-11H,9H2,1-2H3,(H,24,28)(H,21,25,26). The van der Waals surface area contributed by atoms with Crippen LogP contribution in [0.15, 0.2) is 49.2 Å². The Kier molecular flexibility index (Phi) is 5.25. The molecule has 0 unspecified atom stereocenters. The predicted octanol–water partition coefficient (Wildman–Crippen LogP) is 3.19. The minimum Gasteiger partial charge on any atom is -0.324 e. The van der Waals surface area contributed by atoms with E-state index in [0.29, 0.717) is 11.6 Å². The molecule has 0 aliphatic heterocycles. The number of carbonyl (C=O) groups is 1. The van der Waals surface area contributed by atoms with Crippen molar-refractivity contribution >= 4 is 34.6 Å². The molecule has 4 rings (SSSR count). The monoisotopic (exact) mass is 406 g/mol. The summed E-state index contributed by atoms with van der Waals surface area (Å²) in [7, 11) is 0. The Hall–Kier alpha value is -3.66. The van der Waals surface area contributed by atoms with Gasteiger partial charge in [-0.1, -0.05) is 0 Å². The second-order valence-corrected chi connectivity index (χ2v) is 7.46. The van der Waals surface area contributed by atoms with Crippen LogP contribution in [-0.4, -0.2) is 35.6 Å². The van der Waals surface area contributed by atoms with Gasteiger partial charge in [-0.2, -0.15) is 5.10 Å². The van der Waals surface area contributed by atoms with E-state index in [9.17, 15) is 4.79 Å². The van der Waals surface area contributed by atoms with Crippen LogP contribution in [0.3, 0.4) is 0 Å². The summed E-state index contributed by atoms with van der Waals surface area (Å²) in [5, 5.41) is 10.9. The maximum Gasteiger partial charge on any atom is 0.246 e. The van der Waals surface area contributed by atoms with Crippen molar-refractivity contribution in [3.8, 4) is 10.6 Å². The highest BCUT2D eigenvalue weighted by molar-refractivity contribution is 7.15. The molecule has 9 nitrogen and oxygen atoms in total. The summed E-state index contributed by atoms with van der Waals surface area (Å²) >= 11 is 1.61. The van der Waals surface area contributed by atoms with Crippen molar-refractivity contribution in [2.24, 2.45) is 0 Å². The highest BCUT2D eigenvalue weighted by Crippen LogP contribution is 2.28. The van der Waals surface area contributed by atoms with Crippen LogP contribution in [0.25, 0.3) is 10.6 Å². The molecule has 0 radical (unpaired) electrons. The number of anilines is 3. The fraction of sp³-hybridized carbons (Fsp3) is 0.158. The van der Waals surface area contributed by atoms with Crippen molar-refractivity contribution < 1.29 is 4.79 Å². The van der Waals surface area contributed by atoms with Crippen LogP contribution in [-0.2, 0) is 11.3 Å². The summed E-state index contributed by atoms with van der Waals surface area (Å²) < 4.78 is 1.46. The molecule has 10 heteroatoms. The summed E-state index contributed by atoms with van der Waals surface area (Å²) in [6.45, 7) is 4.06. The van der Waals surface area contributed by atoms with E-state index in [0.717, 1.165) is 27.0 Å². The largest absolute Gasteiger partial charge is 0.324 e. The van der Waals surface area contributed by atoms with Gasteiger partial charge in [-0.25, -0.2) is 24.6 Å². The molecule has 3 heterocycles. The molecule has 0 aliphatic rings. The first-order valence-electron chi connectivity index (χ1n) is 8.83. The second-order valence-electron chi connectivity index (χ2n) is 6.26. The van der Waals surface area contributed by atoms with Gasteiger partial charge in [0, 0.05) is 17.6 Å². The third-order valence-electron chi connectivity index (χ3n) is 3.99. The third-order valence-corrected chi connectivity index (χ3v) is 5.08. The van der Waals surface area contributed by atoms with Gasteiger partial charge in [0.05, 0.1) is 21.3 Å². The Morgan fingerprint density at radius 1 is 1.10 bits per heavy atom. The van der Waals surface area contributed by atoms with Gasteiger partial charge in [-0.05, 0) is 44.2 Å². The normalized spacial score (nSPS) is 10.7. The molecule has 0 saturated heterocycles. The first-order valence-corrected chi connectivity index (χ1v) is 9.65. The lowest BCUT2D eigenvalue weighted by Gasteiger charge is -2.08. The van der Waals surface area contributed by atoms with Crippen molar-refractivity contribution in [3.63, 3.8) is 0 Å². The van der Waals surface area contributed by atoms with E-state index in [2.05, 4.69) is 35.7 Å². The van der Waals surface area contributed by atoms with E-state index >= 15 is 0 Å². The number of aryl methyl sites for hydroxylation is 2. The molecule has 0 atom stereocenters. The minimum atomic E-state index is -0.178. The molecule has 1 aromatic carbocycles. The Morgan fingerprint density at radius 3 is 2.59 bits per heavy atom. The topological polar surface area (TPSA) is 111 Å². The molecule has 2 N–H and O–H groups in total. The molecule has 0 spiro atoms. The molecule has 0 bridgehead atoms. The fourth-order valence-corrected chi connectivity index (χ4v) is 3.63. The van der Waals surface area contributed by atoms with Gasteiger partial charge in [0.25, 0.3) is 0 Å². The van der Waals surface area contributed by atoms with Gasteiger partial charge >= 0.3 is 0 Å². The summed E-state index contributed by atoms with van der Waals surface area (Å²) in [6.07, 6.45) is 4.61. The van der Waals surface area contributed by atoms with E-state index in [1.54, 1.807) is 17.5 Å². The Morgan fingerprint density at radius 2 is 1.90 bits per heavy atom. The molecule has 29 heavy (non-hydrogen) atoms. The Balaban J connectivity index is 1.42. The third kappa shape index (κ3) is 4.61. The number of carbonyl (C=O) groups excluding carboxylic acids is 1. The van der Waals surface area contributed by atoms with Crippen LogP contribution in [0, 0.1) is 13.8 Å². The van der Waals surface area contributed by atoms with Crippen molar-refractivity contribution in [1.82, 2.24) is 29.7 Å². The second kappa shape index (κ2) is 8.15. The number of aromatic nitrogens is 6. The molecule has 0 aliphatic carbocycles. The zero-order chi connectivity index (χ0) is 20.2. The summed E-state index contributed by atoms with van der Waals surface area (Å²) in [6, 6.07) is 9.19.